The van der Waals surface area contributed by atoms with Crippen LogP contribution in [-0.2, 0) is 9.53 Å². The van der Waals surface area contributed by atoms with Gasteiger partial charge in [0.15, 0.2) is 0 Å². The molecule has 0 N–H and O–H groups in total. The minimum absolute atomic E-state index is 0.251. The van der Waals surface area contributed by atoms with E-state index < -0.39 is 6.10 Å². The Morgan fingerprint density at radius 1 is 1.14 bits per heavy atom. The predicted molar refractivity (Wildman–Crippen MR) is 86.0 cm³/mol. The van der Waals surface area contributed by atoms with Crippen LogP contribution in [0.2, 0.25) is 0 Å². The van der Waals surface area contributed by atoms with Gasteiger partial charge in [-0.3, -0.25) is 0 Å². The summed E-state index contributed by atoms with van der Waals surface area (Å²) in [5.41, 5.74) is 2.84. The van der Waals surface area contributed by atoms with E-state index in [1.165, 1.54) is 0 Å². The van der Waals surface area contributed by atoms with Gasteiger partial charge in [-0.2, -0.15) is 5.26 Å². The molecule has 2 aromatic carbocycles. The Morgan fingerprint density at radius 3 is 2.45 bits per heavy atom. The Hall–Kier alpha value is -2.38. The highest BCUT2D eigenvalue weighted by Gasteiger charge is 2.41. The molecular formula is C18H12BrNO2. The second-order valence-electron chi connectivity index (χ2n) is 5.08. The van der Waals surface area contributed by atoms with E-state index in [-0.39, 0.29) is 11.9 Å². The maximum absolute atomic E-state index is 12.0. The maximum Gasteiger partial charge on any atom is 0.334 e. The highest BCUT2D eigenvalue weighted by Crippen LogP contribution is 2.46. The standard InChI is InChI=1S/C18H12BrNO2/c1-11-16(13-8-6-12(10-20)7-9-13)17(22-18(11)21)14-4-2-3-5-15(14)19/h2-9,16-17H,1H2/t16-,17+/m0/s1. The van der Waals surface area contributed by atoms with Crippen LogP contribution in [0.4, 0.5) is 0 Å². The van der Waals surface area contributed by atoms with E-state index in [0.717, 1.165) is 15.6 Å². The zero-order valence-corrected chi connectivity index (χ0v) is 13.2. The van der Waals surface area contributed by atoms with E-state index >= 15 is 0 Å². The Kier molecular flexibility index (Phi) is 3.82. The van der Waals surface area contributed by atoms with E-state index in [1.807, 2.05) is 36.4 Å². The van der Waals surface area contributed by atoms with Gasteiger partial charge >= 0.3 is 5.97 Å². The summed E-state index contributed by atoms with van der Waals surface area (Å²) >= 11 is 3.51. The van der Waals surface area contributed by atoms with E-state index in [1.54, 1.807) is 12.1 Å². The molecule has 0 spiro atoms. The van der Waals surface area contributed by atoms with Crippen molar-refractivity contribution >= 4 is 21.9 Å². The largest absolute Gasteiger partial charge is 0.453 e. The summed E-state index contributed by atoms with van der Waals surface area (Å²) in [5, 5.41) is 8.90. The van der Waals surface area contributed by atoms with Crippen molar-refractivity contribution in [2.75, 3.05) is 0 Å². The van der Waals surface area contributed by atoms with E-state index in [2.05, 4.69) is 28.6 Å². The van der Waals surface area contributed by atoms with Gasteiger partial charge in [0.1, 0.15) is 6.10 Å². The number of carbonyl (C=O) groups excluding carboxylic acids is 1. The number of esters is 1. The van der Waals surface area contributed by atoms with E-state index in [9.17, 15) is 4.79 Å². The number of cyclic esters (lactones) is 1. The van der Waals surface area contributed by atoms with Gasteiger partial charge in [0, 0.05) is 15.6 Å². The number of benzene rings is 2. The molecule has 0 unspecified atom stereocenters. The van der Waals surface area contributed by atoms with Crippen LogP contribution in [-0.4, -0.2) is 5.97 Å². The Bertz CT molecular complexity index is 789. The number of nitrogens with zero attached hydrogens (tertiary/aromatic N) is 1. The number of hydrogen-bond donors (Lipinski definition) is 0. The Balaban J connectivity index is 2.05. The lowest BCUT2D eigenvalue weighted by Gasteiger charge is -2.19. The predicted octanol–water partition coefficient (Wildman–Crippen LogP) is 4.26. The topological polar surface area (TPSA) is 50.1 Å². The van der Waals surface area contributed by atoms with E-state index in [4.69, 9.17) is 10.00 Å². The van der Waals surface area contributed by atoms with Crippen molar-refractivity contribution in [3.8, 4) is 6.07 Å². The monoisotopic (exact) mass is 353 g/mol. The molecule has 2 aromatic rings. The number of hydrogen-bond acceptors (Lipinski definition) is 3. The van der Waals surface area contributed by atoms with Gasteiger partial charge in [-0.1, -0.05) is 52.8 Å². The molecule has 3 nitrogen and oxygen atoms in total. The molecule has 3 rings (SSSR count). The number of rotatable bonds is 2. The second kappa shape index (κ2) is 5.78. The lowest BCUT2D eigenvalue weighted by molar-refractivity contribution is -0.139. The van der Waals surface area contributed by atoms with Crippen molar-refractivity contribution in [2.24, 2.45) is 0 Å². The van der Waals surface area contributed by atoms with Crippen molar-refractivity contribution in [1.82, 2.24) is 0 Å². The van der Waals surface area contributed by atoms with Crippen LogP contribution < -0.4 is 0 Å². The Labute approximate surface area is 137 Å². The van der Waals surface area contributed by atoms with Gasteiger partial charge in [-0.25, -0.2) is 4.79 Å². The highest BCUT2D eigenvalue weighted by molar-refractivity contribution is 9.10. The number of nitriles is 1. The number of carbonyl (C=O) groups is 1. The molecule has 1 fully saturated rings. The zero-order chi connectivity index (χ0) is 15.7. The van der Waals surface area contributed by atoms with Crippen molar-refractivity contribution in [2.45, 2.75) is 12.0 Å². The van der Waals surface area contributed by atoms with Gasteiger partial charge in [-0.15, -0.1) is 0 Å². The van der Waals surface area contributed by atoms with Crippen molar-refractivity contribution in [3.05, 3.63) is 81.8 Å². The summed E-state index contributed by atoms with van der Waals surface area (Å²) in [4.78, 5) is 12.0. The molecule has 0 aliphatic carbocycles. The number of ether oxygens (including phenoxy) is 1. The summed E-state index contributed by atoms with van der Waals surface area (Å²) in [5.74, 6) is -0.631. The molecule has 0 amide bonds. The minimum atomic E-state index is -0.413. The van der Waals surface area contributed by atoms with Crippen LogP contribution in [0.3, 0.4) is 0 Å². The third kappa shape index (κ3) is 2.44. The molecule has 22 heavy (non-hydrogen) atoms. The zero-order valence-electron chi connectivity index (χ0n) is 11.6. The third-order valence-electron chi connectivity index (χ3n) is 3.79. The fourth-order valence-electron chi connectivity index (χ4n) is 2.66. The number of halogens is 1. The molecule has 0 saturated carbocycles. The molecule has 0 radical (unpaired) electrons. The lowest BCUT2D eigenvalue weighted by atomic mass is 9.86. The molecule has 4 heteroatoms. The van der Waals surface area contributed by atoms with Crippen LogP contribution in [0.1, 0.15) is 28.7 Å². The van der Waals surface area contributed by atoms with Gasteiger partial charge < -0.3 is 4.74 Å². The normalized spacial score (nSPS) is 20.5. The van der Waals surface area contributed by atoms with Crippen LogP contribution in [0.5, 0.6) is 0 Å². The SMILES string of the molecule is C=C1C(=O)O[C@H](c2ccccc2Br)[C@@H]1c1ccc(C#N)cc1. The summed E-state index contributed by atoms with van der Waals surface area (Å²) in [6.07, 6.45) is -0.413. The quantitative estimate of drug-likeness (QED) is 0.598. The summed E-state index contributed by atoms with van der Waals surface area (Å²) in [6, 6.07) is 16.9. The second-order valence-corrected chi connectivity index (χ2v) is 5.94. The lowest BCUT2D eigenvalue weighted by Crippen LogP contribution is -2.07. The summed E-state index contributed by atoms with van der Waals surface area (Å²) in [6.45, 7) is 3.89. The summed E-state index contributed by atoms with van der Waals surface area (Å²) < 4.78 is 6.42. The van der Waals surface area contributed by atoms with Crippen LogP contribution in [0.15, 0.2) is 65.2 Å². The smallest absolute Gasteiger partial charge is 0.334 e. The first-order valence-corrected chi connectivity index (χ1v) is 7.55. The molecule has 108 valence electrons. The summed E-state index contributed by atoms with van der Waals surface area (Å²) in [7, 11) is 0. The molecule has 0 aromatic heterocycles. The molecule has 1 aliphatic rings. The molecule has 1 heterocycles. The van der Waals surface area contributed by atoms with Crippen molar-refractivity contribution in [1.29, 1.82) is 5.26 Å². The molecule has 0 bridgehead atoms. The average Bonchev–Trinajstić information content (AvgIpc) is 2.83. The molecule has 1 aliphatic heterocycles. The third-order valence-corrected chi connectivity index (χ3v) is 4.51. The van der Waals surface area contributed by atoms with Gasteiger partial charge in [0.2, 0.25) is 0 Å². The first-order valence-electron chi connectivity index (χ1n) is 6.76. The fourth-order valence-corrected chi connectivity index (χ4v) is 3.17. The van der Waals surface area contributed by atoms with Gasteiger partial charge in [0.05, 0.1) is 17.6 Å². The first-order chi connectivity index (χ1) is 10.6. The molecule has 2 atom stereocenters. The van der Waals surface area contributed by atoms with Gasteiger partial charge in [-0.05, 0) is 23.8 Å². The molecular weight excluding hydrogens is 342 g/mol. The maximum atomic E-state index is 12.0. The minimum Gasteiger partial charge on any atom is -0.453 e. The van der Waals surface area contributed by atoms with Crippen LogP contribution in [0, 0.1) is 11.3 Å². The van der Waals surface area contributed by atoms with Crippen molar-refractivity contribution in [3.63, 3.8) is 0 Å². The van der Waals surface area contributed by atoms with Gasteiger partial charge in [0.25, 0.3) is 0 Å². The van der Waals surface area contributed by atoms with Crippen LogP contribution in [0.25, 0.3) is 0 Å². The molecule has 1 saturated heterocycles. The van der Waals surface area contributed by atoms with Crippen LogP contribution >= 0.6 is 15.9 Å². The van der Waals surface area contributed by atoms with E-state index in [0.29, 0.717) is 11.1 Å². The first kappa shape index (κ1) is 14.6. The Morgan fingerprint density at radius 2 is 1.82 bits per heavy atom. The average molecular weight is 354 g/mol. The van der Waals surface area contributed by atoms with Crippen molar-refractivity contribution < 1.29 is 9.53 Å². The fraction of sp³-hybridized carbons (Fsp3) is 0.111. The highest BCUT2D eigenvalue weighted by atomic mass is 79.9.